The first-order chi connectivity index (χ1) is 17.3. The summed E-state index contributed by atoms with van der Waals surface area (Å²) in [4.78, 5) is 6.79. The van der Waals surface area contributed by atoms with Crippen molar-refractivity contribution in [3.8, 4) is 11.4 Å². The number of nitrogens with one attached hydrogen (secondary N) is 1. The van der Waals surface area contributed by atoms with Crippen LogP contribution in [0.1, 0.15) is 48.6 Å². The highest BCUT2D eigenvalue weighted by Crippen LogP contribution is 2.44. The maximum atomic E-state index is 14.1. The molecular weight excluding hydrogens is 471 g/mol. The molecule has 0 saturated carbocycles. The lowest BCUT2D eigenvalue weighted by Gasteiger charge is -2.28. The number of anilines is 1. The van der Waals surface area contributed by atoms with Gasteiger partial charge < -0.3 is 19.5 Å². The minimum Gasteiger partial charge on any atom is -0.491 e. The Hall–Kier alpha value is -3.71. The summed E-state index contributed by atoms with van der Waals surface area (Å²) in [5.74, 6) is 0.552. The summed E-state index contributed by atoms with van der Waals surface area (Å²) in [7, 11) is 0. The van der Waals surface area contributed by atoms with Gasteiger partial charge >= 0.3 is 0 Å². The van der Waals surface area contributed by atoms with Crippen molar-refractivity contribution in [2.45, 2.75) is 45.9 Å². The highest BCUT2D eigenvalue weighted by atomic mass is 32.1. The molecule has 4 aromatic rings. The molecule has 1 aliphatic heterocycles. The number of thiocarbonyl (C=S) groups is 1. The van der Waals surface area contributed by atoms with Gasteiger partial charge in [-0.15, -0.1) is 0 Å². The van der Waals surface area contributed by atoms with Crippen molar-refractivity contribution in [1.29, 1.82) is 0 Å². The topological polar surface area (TPSA) is 42.3 Å². The summed E-state index contributed by atoms with van der Waals surface area (Å²) < 4.78 is 22.0. The molecule has 5 nitrogen and oxygen atoms in total. The molecule has 0 radical (unpaired) electrons. The molecule has 36 heavy (non-hydrogen) atoms. The summed E-state index contributed by atoms with van der Waals surface area (Å²) >= 11 is 5.87. The van der Waals surface area contributed by atoms with Crippen LogP contribution < -0.4 is 15.0 Å². The van der Waals surface area contributed by atoms with Crippen LogP contribution in [-0.4, -0.2) is 20.8 Å². The number of halogens is 1. The summed E-state index contributed by atoms with van der Waals surface area (Å²) in [6.07, 6.45) is 1.90. The van der Waals surface area contributed by atoms with E-state index in [0.29, 0.717) is 5.11 Å². The average Bonchev–Trinajstić information content (AvgIpc) is 3.35. The van der Waals surface area contributed by atoms with E-state index in [4.69, 9.17) is 17.0 Å². The lowest BCUT2D eigenvalue weighted by Crippen LogP contribution is -2.29. The zero-order chi connectivity index (χ0) is 25.4. The number of benzene rings is 2. The Morgan fingerprint density at radius 3 is 2.42 bits per heavy atom. The molecule has 2 aromatic heterocycles. The third-order valence-electron chi connectivity index (χ3n) is 6.44. The molecule has 1 N–H and O–H groups in total. The molecule has 2 aromatic carbocycles. The van der Waals surface area contributed by atoms with Crippen LogP contribution >= 0.6 is 12.2 Å². The minimum atomic E-state index is -0.262. The van der Waals surface area contributed by atoms with E-state index >= 15 is 0 Å². The van der Waals surface area contributed by atoms with E-state index in [0.717, 1.165) is 39.8 Å². The average molecular weight is 501 g/mol. The molecule has 0 aliphatic carbocycles. The molecule has 5 rings (SSSR count). The van der Waals surface area contributed by atoms with Gasteiger partial charge in [0.15, 0.2) is 5.11 Å². The predicted molar refractivity (Wildman–Crippen MR) is 145 cm³/mol. The summed E-state index contributed by atoms with van der Waals surface area (Å²) in [6, 6.07) is 22.5. The van der Waals surface area contributed by atoms with E-state index in [1.54, 1.807) is 18.3 Å². The van der Waals surface area contributed by atoms with Crippen LogP contribution in [-0.2, 0) is 0 Å². The van der Waals surface area contributed by atoms with Crippen LogP contribution in [0.3, 0.4) is 0 Å². The van der Waals surface area contributed by atoms with Crippen molar-refractivity contribution in [3.63, 3.8) is 0 Å². The summed E-state index contributed by atoms with van der Waals surface area (Å²) in [5.41, 5.74) is 5.81. The second kappa shape index (κ2) is 9.74. The van der Waals surface area contributed by atoms with Gasteiger partial charge in [-0.2, -0.15) is 0 Å². The van der Waals surface area contributed by atoms with E-state index in [1.165, 1.54) is 6.07 Å². The highest BCUT2D eigenvalue weighted by Gasteiger charge is 2.42. The molecule has 0 bridgehead atoms. The number of aromatic nitrogens is 2. The number of ether oxygens (including phenoxy) is 1. The van der Waals surface area contributed by atoms with E-state index in [-0.39, 0.29) is 24.0 Å². The quantitative estimate of drug-likeness (QED) is 0.303. The van der Waals surface area contributed by atoms with Gasteiger partial charge in [-0.25, -0.2) is 4.39 Å². The van der Waals surface area contributed by atoms with Gasteiger partial charge in [0, 0.05) is 29.0 Å². The molecule has 0 amide bonds. The van der Waals surface area contributed by atoms with Crippen LogP contribution in [0.25, 0.3) is 5.69 Å². The molecule has 0 unspecified atom stereocenters. The van der Waals surface area contributed by atoms with Crippen LogP contribution in [0.5, 0.6) is 5.75 Å². The molecule has 1 aliphatic rings. The molecule has 0 spiro atoms. The number of pyridine rings is 1. The maximum Gasteiger partial charge on any atom is 0.174 e. The number of rotatable bonds is 6. The first-order valence-electron chi connectivity index (χ1n) is 12.1. The number of hydrogen-bond donors (Lipinski definition) is 1. The van der Waals surface area contributed by atoms with Crippen molar-refractivity contribution in [2.24, 2.45) is 0 Å². The minimum absolute atomic E-state index is 0.0971. The summed E-state index contributed by atoms with van der Waals surface area (Å²) in [5, 5.41) is 4.14. The Morgan fingerprint density at radius 1 is 0.972 bits per heavy atom. The monoisotopic (exact) mass is 500 g/mol. The zero-order valence-electron chi connectivity index (χ0n) is 20.8. The van der Waals surface area contributed by atoms with E-state index in [1.807, 2.05) is 69.3 Å². The Kier molecular flexibility index (Phi) is 6.49. The molecule has 184 valence electrons. The Labute approximate surface area is 216 Å². The standard InChI is InChI=1S/C29H29FN4OS/c1-18(2)35-24-13-11-22(12-14-24)34-28(27(32-29(34)36)26-10-5-6-15-31-26)25-16-19(3)33(20(25)4)23-9-7-8-21(30)17-23/h5-18,27-28H,1-4H3,(H,32,36)/t27-,28-/m0/s1. The molecular formula is C29H29FN4OS. The number of nitrogens with zero attached hydrogens (tertiary/aromatic N) is 3. The van der Waals surface area contributed by atoms with Crippen LogP contribution in [0.2, 0.25) is 0 Å². The SMILES string of the molecule is Cc1cc([C@H]2[C@H](c3ccccn3)NC(=S)N2c2ccc(OC(C)C)cc2)c(C)n1-c1cccc(F)c1. The normalized spacial score (nSPS) is 17.5. The predicted octanol–water partition coefficient (Wildman–Crippen LogP) is 6.59. The van der Waals surface area contributed by atoms with Gasteiger partial charge in [-0.05, 0) is 106 Å². The van der Waals surface area contributed by atoms with Crippen molar-refractivity contribution < 1.29 is 9.13 Å². The third-order valence-corrected chi connectivity index (χ3v) is 6.75. The van der Waals surface area contributed by atoms with E-state index in [9.17, 15) is 4.39 Å². The van der Waals surface area contributed by atoms with Gasteiger partial charge in [-0.1, -0.05) is 12.1 Å². The van der Waals surface area contributed by atoms with Crippen molar-refractivity contribution in [3.05, 3.63) is 107 Å². The van der Waals surface area contributed by atoms with E-state index in [2.05, 4.69) is 32.8 Å². The fourth-order valence-electron chi connectivity index (χ4n) is 5.01. The maximum absolute atomic E-state index is 14.1. The van der Waals surface area contributed by atoms with Crippen molar-refractivity contribution in [2.75, 3.05) is 4.90 Å². The van der Waals surface area contributed by atoms with Crippen molar-refractivity contribution >= 4 is 23.0 Å². The Bertz CT molecular complexity index is 1380. The van der Waals surface area contributed by atoms with Gasteiger partial charge in [0.25, 0.3) is 0 Å². The first-order valence-corrected chi connectivity index (χ1v) is 12.5. The second-order valence-electron chi connectivity index (χ2n) is 9.30. The zero-order valence-corrected chi connectivity index (χ0v) is 21.6. The number of hydrogen-bond acceptors (Lipinski definition) is 3. The molecule has 1 saturated heterocycles. The second-order valence-corrected chi connectivity index (χ2v) is 9.69. The van der Waals surface area contributed by atoms with Gasteiger partial charge in [-0.3, -0.25) is 4.98 Å². The Balaban J connectivity index is 1.63. The van der Waals surface area contributed by atoms with Gasteiger partial charge in [0.1, 0.15) is 11.6 Å². The number of aryl methyl sites for hydroxylation is 1. The highest BCUT2D eigenvalue weighted by molar-refractivity contribution is 7.80. The fraction of sp³-hybridized carbons (Fsp3) is 0.241. The largest absolute Gasteiger partial charge is 0.491 e. The molecule has 3 heterocycles. The molecule has 1 fully saturated rings. The van der Waals surface area contributed by atoms with Crippen LogP contribution in [0, 0.1) is 19.7 Å². The van der Waals surface area contributed by atoms with Crippen molar-refractivity contribution in [1.82, 2.24) is 14.9 Å². The Morgan fingerprint density at radius 2 is 1.75 bits per heavy atom. The lowest BCUT2D eigenvalue weighted by molar-refractivity contribution is 0.242. The van der Waals surface area contributed by atoms with Crippen LogP contribution in [0.15, 0.2) is 79.0 Å². The van der Waals surface area contributed by atoms with Crippen LogP contribution in [0.4, 0.5) is 10.1 Å². The van der Waals surface area contributed by atoms with Gasteiger partial charge in [0.05, 0.1) is 23.9 Å². The molecule has 7 heteroatoms. The lowest BCUT2D eigenvalue weighted by atomic mass is 9.96. The molecule has 2 atom stereocenters. The first kappa shape index (κ1) is 24.0. The van der Waals surface area contributed by atoms with Gasteiger partial charge in [0.2, 0.25) is 0 Å². The smallest absolute Gasteiger partial charge is 0.174 e. The third kappa shape index (κ3) is 4.46. The summed E-state index contributed by atoms with van der Waals surface area (Å²) in [6.45, 7) is 8.13. The van der Waals surface area contributed by atoms with E-state index < -0.39 is 0 Å². The fourth-order valence-corrected chi connectivity index (χ4v) is 5.35.